The molecule has 1 aliphatic rings. The Hall–Kier alpha value is -4.19. The Kier molecular flexibility index (Phi) is 7.87. The molecular formula is C25H33N9O3. The molecule has 12 heteroatoms. The van der Waals surface area contributed by atoms with Gasteiger partial charge in [-0.3, -0.25) is 14.3 Å². The minimum Gasteiger partial charge on any atom is -0.395 e. The van der Waals surface area contributed by atoms with Crippen LogP contribution in [0.2, 0.25) is 0 Å². The smallest absolute Gasteiger partial charge is 0.271 e. The van der Waals surface area contributed by atoms with Gasteiger partial charge in [0.05, 0.1) is 24.7 Å². The molecule has 2 amide bonds. The molecule has 2 atom stereocenters. The fraction of sp³-hybridized carbons (Fsp3) is 0.400. The first-order chi connectivity index (χ1) is 17.8. The number of carbonyl (C=O) groups is 2. The average Bonchev–Trinajstić information content (AvgIpc) is 3.29. The summed E-state index contributed by atoms with van der Waals surface area (Å²) in [5, 5.41) is 19.5. The van der Waals surface area contributed by atoms with Crippen molar-refractivity contribution in [2.24, 2.45) is 12.8 Å². The Labute approximate surface area is 215 Å². The maximum absolute atomic E-state index is 13.0. The number of nitrogens with zero attached hydrogens (tertiary/aromatic N) is 6. The number of nitrogens with two attached hydrogens (primary N) is 1. The second-order valence-electron chi connectivity index (χ2n) is 9.17. The van der Waals surface area contributed by atoms with Gasteiger partial charge >= 0.3 is 0 Å². The lowest BCUT2D eigenvalue weighted by Gasteiger charge is -2.40. The molecule has 0 bridgehead atoms. The van der Waals surface area contributed by atoms with Crippen molar-refractivity contribution >= 4 is 34.8 Å². The highest BCUT2D eigenvalue weighted by Gasteiger charge is 2.31. The minimum atomic E-state index is -0.684. The van der Waals surface area contributed by atoms with Gasteiger partial charge in [0.25, 0.3) is 11.8 Å². The van der Waals surface area contributed by atoms with Crippen molar-refractivity contribution in [3.8, 4) is 0 Å². The largest absolute Gasteiger partial charge is 0.395 e. The number of likely N-dealkylation sites (N-methyl/N-ethyl adjacent to an activating group) is 1. The van der Waals surface area contributed by atoms with Gasteiger partial charge in [0.2, 0.25) is 0 Å². The predicted molar refractivity (Wildman–Crippen MR) is 141 cm³/mol. The Balaban J connectivity index is 1.49. The van der Waals surface area contributed by atoms with E-state index in [2.05, 4.69) is 30.6 Å². The van der Waals surface area contributed by atoms with E-state index >= 15 is 0 Å². The first kappa shape index (κ1) is 25.9. The van der Waals surface area contributed by atoms with Crippen molar-refractivity contribution in [3.63, 3.8) is 0 Å². The number of nitrogens with one attached hydrogen (secondary N) is 2. The van der Waals surface area contributed by atoms with Gasteiger partial charge in [-0.05, 0) is 44.0 Å². The zero-order valence-corrected chi connectivity index (χ0v) is 21.3. The number of piperidine rings is 1. The summed E-state index contributed by atoms with van der Waals surface area (Å²) >= 11 is 0. The number of carbonyl (C=O) groups excluding carboxylic acids is 2. The number of rotatable bonds is 9. The summed E-state index contributed by atoms with van der Waals surface area (Å²) in [6.07, 6.45) is 6.59. The van der Waals surface area contributed by atoms with E-state index in [4.69, 9.17) is 10.8 Å². The zero-order chi connectivity index (χ0) is 26.5. The quantitative estimate of drug-likeness (QED) is 0.335. The van der Waals surface area contributed by atoms with Crippen molar-refractivity contribution in [1.29, 1.82) is 0 Å². The number of hydrogen-bond acceptors (Lipinski definition) is 9. The maximum atomic E-state index is 13.0. The van der Waals surface area contributed by atoms with E-state index < -0.39 is 5.91 Å². The van der Waals surface area contributed by atoms with Crippen LogP contribution in [0.3, 0.4) is 0 Å². The summed E-state index contributed by atoms with van der Waals surface area (Å²) in [5.74, 6) is 0.00160. The number of aromatic nitrogens is 4. The molecule has 1 aliphatic heterocycles. The van der Waals surface area contributed by atoms with Gasteiger partial charge in [-0.15, -0.1) is 0 Å². The monoisotopic (exact) mass is 507 g/mol. The second kappa shape index (κ2) is 11.2. The number of primary amides is 1. The molecule has 4 rings (SSSR count). The maximum Gasteiger partial charge on any atom is 0.271 e. The predicted octanol–water partition coefficient (Wildman–Crippen LogP) is 1.27. The van der Waals surface area contributed by atoms with Crippen molar-refractivity contribution in [2.75, 3.05) is 41.9 Å². The molecule has 1 aromatic carbocycles. The Bertz CT molecular complexity index is 1240. The molecule has 0 unspecified atom stereocenters. The van der Waals surface area contributed by atoms with Crippen molar-refractivity contribution < 1.29 is 14.7 Å². The lowest BCUT2D eigenvalue weighted by molar-refractivity contribution is 0.0923. The van der Waals surface area contributed by atoms with Gasteiger partial charge in [-0.25, -0.2) is 9.97 Å². The van der Waals surface area contributed by atoms with Gasteiger partial charge in [-0.1, -0.05) is 0 Å². The third kappa shape index (κ3) is 5.97. The SMILES string of the molecule is C[C@@H]1[C@H](NC(=O)c2ccc(N(C)CCO)cc2)CCCN1c1cnc(C(N)=O)c(Nc2cnn(C)c2)n1. The molecule has 12 nitrogen and oxygen atoms in total. The molecule has 5 N–H and O–H groups in total. The molecule has 0 spiro atoms. The van der Waals surface area contributed by atoms with Crippen LogP contribution in [0.15, 0.2) is 42.9 Å². The van der Waals surface area contributed by atoms with E-state index in [9.17, 15) is 9.59 Å². The summed E-state index contributed by atoms with van der Waals surface area (Å²) in [6.45, 7) is 3.35. The number of anilines is 4. The molecule has 0 radical (unpaired) electrons. The molecule has 3 aromatic rings. The highest BCUT2D eigenvalue weighted by molar-refractivity contribution is 5.96. The lowest BCUT2D eigenvalue weighted by Crippen LogP contribution is -2.54. The van der Waals surface area contributed by atoms with E-state index in [1.54, 1.807) is 36.3 Å². The third-order valence-corrected chi connectivity index (χ3v) is 6.57. The summed E-state index contributed by atoms with van der Waals surface area (Å²) in [5.41, 5.74) is 7.71. The van der Waals surface area contributed by atoms with Crippen LogP contribution in [0.25, 0.3) is 0 Å². The topological polar surface area (TPSA) is 155 Å². The van der Waals surface area contributed by atoms with Crippen LogP contribution in [-0.2, 0) is 7.05 Å². The molecule has 0 saturated carbocycles. The third-order valence-electron chi connectivity index (χ3n) is 6.57. The van der Waals surface area contributed by atoms with E-state index in [0.717, 1.165) is 25.1 Å². The first-order valence-electron chi connectivity index (χ1n) is 12.2. The van der Waals surface area contributed by atoms with Gasteiger partial charge in [-0.2, -0.15) is 5.10 Å². The minimum absolute atomic E-state index is 0.0372. The first-order valence-corrected chi connectivity index (χ1v) is 12.2. The molecule has 2 aromatic heterocycles. The summed E-state index contributed by atoms with van der Waals surface area (Å²) in [7, 11) is 3.68. The summed E-state index contributed by atoms with van der Waals surface area (Å²) in [4.78, 5) is 37.9. The Morgan fingerprint density at radius 1 is 1.24 bits per heavy atom. The average molecular weight is 508 g/mol. The van der Waals surface area contributed by atoms with Crippen LogP contribution in [0.5, 0.6) is 0 Å². The Morgan fingerprint density at radius 2 is 2.00 bits per heavy atom. The fourth-order valence-corrected chi connectivity index (χ4v) is 4.47. The molecule has 37 heavy (non-hydrogen) atoms. The highest BCUT2D eigenvalue weighted by atomic mass is 16.3. The number of aliphatic hydroxyl groups is 1. The van der Waals surface area contributed by atoms with Crippen LogP contribution in [0.1, 0.15) is 40.6 Å². The van der Waals surface area contributed by atoms with Crippen molar-refractivity contribution in [1.82, 2.24) is 25.1 Å². The van der Waals surface area contributed by atoms with Gasteiger partial charge < -0.3 is 31.3 Å². The van der Waals surface area contributed by atoms with Crippen molar-refractivity contribution in [2.45, 2.75) is 31.8 Å². The van der Waals surface area contributed by atoms with Gasteiger partial charge in [0.15, 0.2) is 11.5 Å². The van der Waals surface area contributed by atoms with Crippen LogP contribution in [0, 0.1) is 0 Å². The van der Waals surface area contributed by atoms with Crippen LogP contribution < -0.4 is 26.2 Å². The molecule has 0 aliphatic carbocycles. The number of aliphatic hydroxyl groups excluding tert-OH is 1. The number of benzene rings is 1. The normalized spacial score (nSPS) is 17.4. The number of hydrogen-bond donors (Lipinski definition) is 4. The molecular weight excluding hydrogens is 474 g/mol. The standard InChI is InChI=1S/C25H33N9O3/c1-16-20(30-25(37)17-6-8-19(9-7-17)32(2)11-12-35)5-4-10-34(16)21-14-27-22(23(26)36)24(31-21)29-18-13-28-33(3)15-18/h6-9,13-16,20,35H,4-5,10-12H2,1-3H3,(H2,26,36)(H,29,31)(H,30,37)/t16-,20-/m1/s1. The fourth-order valence-electron chi connectivity index (χ4n) is 4.47. The van der Waals surface area contributed by atoms with Crippen LogP contribution in [-0.4, -0.2) is 75.5 Å². The lowest BCUT2D eigenvalue weighted by atomic mass is 9.97. The van der Waals surface area contributed by atoms with E-state index in [1.807, 2.05) is 31.0 Å². The molecule has 3 heterocycles. The zero-order valence-electron chi connectivity index (χ0n) is 21.3. The van der Waals surface area contributed by atoms with Crippen LogP contribution >= 0.6 is 0 Å². The second-order valence-corrected chi connectivity index (χ2v) is 9.17. The molecule has 196 valence electrons. The highest BCUT2D eigenvalue weighted by Crippen LogP contribution is 2.26. The van der Waals surface area contributed by atoms with Gasteiger partial charge in [0.1, 0.15) is 5.82 Å². The summed E-state index contributed by atoms with van der Waals surface area (Å²) in [6, 6.07) is 7.14. The van der Waals surface area contributed by atoms with Gasteiger partial charge in [0, 0.05) is 56.7 Å². The molecule has 1 saturated heterocycles. The molecule has 1 fully saturated rings. The number of aryl methyl sites for hydroxylation is 1. The number of amides is 2. The Morgan fingerprint density at radius 3 is 2.65 bits per heavy atom. The van der Waals surface area contributed by atoms with E-state index in [-0.39, 0.29) is 36.1 Å². The van der Waals surface area contributed by atoms with Crippen LogP contribution in [0.4, 0.5) is 23.0 Å². The van der Waals surface area contributed by atoms with Crippen molar-refractivity contribution in [3.05, 3.63) is 54.1 Å². The van der Waals surface area contributed by atoms with E-state index in [0.29, 0.717) is 23.6 Å². The summed E-state index contributed by atoms with van der Waals surface area (Å²) < 4.78 is 1.63. The van der Waals surface area contributed by atoms with E-state index in [1.165, 1.54) is 6.20 Å².